The van der Waals surface area contributed by atoms with Crippen LogP contribution in [0.3, 0.4) is 0 Å². The minimum Gasteiger partial charge on any atom is -0.456 e. The molecule has 5 aromatic carbocycles. The first-order valence-corrected chi connectivity index (χ1v) is 12.5. The van der Waals surface area contributed by atoms with Crippen LogP contribution in [0, 0.1) is 0 Å². The number of hydrogen-bond donors (Lipinski definition) is 0. The summed E-state index contributed by atoms with van der Waals surface area (Å²) in [6, 6.07) is 36.7. The predicted molar refractivity (Wildman–Crippen MR) is 144 cm³/mol. The van der Waals surface area contributed by atoms with Crippen molar-refractivity contribution in [1.82, 2.24) is 0 Å². The minimum absolute atomic E-state index is 0.657. The van der Waals surface area contributed by atoms with E-state index < -0.39 is 0 Å². The fourth-order valence-electron chi connectivity index (χ4n) is 4.60. The summed E-state index contributed by atoms with van der Waals surface area (Å²) in [6.45, 7) is 0. The van der Waals surface area contributed by atoms with E-state index in [0.717, 1.165) is 60.3 Å². The molecule has 0 N–H and O–H groups in total. The molecule has 0 saturated heterocycles. The van der Waals surface area contributed by atoms with Gasteiger partial charge in [-0.25, -0.2) is 0 Å². The lowest BCUT2D eigenvalue weighted by Gasteiger charge is -2.30. The molecule has 0 unspecified atom stereocenters. The first kappa shape index (κ1) is 20.5. The van der Waals surface area contributed by atoms with Crippen LogP contribution in [0.2, 0.25) is 5.02 Å². The van der Waals surface area contributed by atoms with Crippen molar-refractivity contribution in [3.8, 4) is 11.5 Å². The number of hydrogen-bond acceptors (Lipinski definition) is 4. The van der Waals surface area contributed by atoms with Crippen molar-refractivity contribution in [3.05, 3.63) is 114 Å². The predicted octanol–water partition coefficient (Wildman–Crippen LogP) is 9.97. The molecule has 5 heteroatoms. The van der Waals surface area contributed by atoms with E-state index in [2.05, 4.69) is 41.3 Å². The summed E-state index contributed by atoms with van der Waals surface area (Å²) in [5, 5.41) is 2.81. The zero-order valence-corrected chi connectivity index (χ0v) is 20.0. The molecule has 2 heterocycles. The molecule has 168 valence electrons. The summed E-state index contributed by atoms with van der Waals surface area (Å²) in [6.07, 6.45) is 0. The normalized spacial score (nSPS) is 12.3. The van der Waals surface area contributed by atoms with Gasteiger partial charge in [0.05, 0.1) is 15.5 Å². The number of nitrogens with zero attached hydrogens (tertiary/aromatic N) is 1. The van der Waals surface area contributed by atoms with E-state index in [0.29, 0.717) is 5.02 Å². The van der Waals surface area contributed by atoms with Crippen molar-refractivity contribution in [1.29, 1.82) is 0 Å². The lowest BCUT2D eigenvalue weighted by molar-refractivity contribution is 0.456. The van der Waals surface area contributed by atoms with Crippen LogP contribution >= 0.6 is 23.4 Å². The smallest absolute Gasteiger partial charge is 0.165 e. The molecule has 1 aliphatic heterocycles. The Hall–Kier alpha value is -3.86. The third-order valence-electron chi connectivity index (χ3n) is 6.15. The van der Waals surface area contributed by atoms with Crippen molar-refractivity contribution in [2.45, 2.75) is 9.79 Å². The molecular weight excluding hydrogens is 474 g/mol. The number of fused-ring (bicyclic) bond motifs is 5. The number of para-hydroxylation sites is 3. The minimum atomic E-state index is 0.657. The van der Waals surface area contributed by atoms with Crippen LogP contribution in [-0.2, 0) is 0 Å². The molecule has 0 aliphatic carbocycles. The molecule has 0 atom stereocenters. The highest BCUT2D eigenvalue weighted by atomic mass is 35.5. The fraction of sp³-hybridized carbons (Fsp3) is 0. The van der Waals surface area contributed by atoms with Gasteiger partial charge in [-0.1, -0.05) is 71.9 Å². The van der Waals surface area contributed by atoms with Crippen molar-refractivity contribution in [2.24, 2.45) is 0 Å². The Balaban J connectivity index is 1.47. The molecule has 0 fully saturated rings. The average molecular weight is 492 g/mol. The second-order valence-corrected chi connectivity index (χ2v) is 9.87. The summed E-state index contributed by atoms with van der Waals surface area (Å²) in [7, 11) is 0. The standard InChI is InChI=1S/C30H18ClNO2S/c31-19-16-24(30-29(17-19)35-28-13-7-6-12-27(28)34-30)32(20-8-2-1-3-9-20)21-14-15-26-23(18-21)22-10-4-5-11-25(22)33-26/h1-18H. The first-order chi connectivity index (χ1) is 17.2. The maximum Gasteiger partial charge on any atom is 0.165 e. The average Bonchev–Trinajstić information content (AvgIpc) is 3.26. The van der Waals surface area contributed by atoms with E-state index in [1.165, 1.54) is 0 Å². The fourth-order valence-corrected chi connectivity index (χ4v) is 5.90. The maximum atomic E-state index is 6.67. The zero-order chi connectivity index (χ0) is 23.4. The SMILES string of the molecule is Clc1cc2c(c(N(c3ccccc3)c3ccc4oc5ccccc5c4c3)c1)Oc1ccccc1S2. The molecule has 0 radical (unpaired) electrons. The van der Waals surface area contributed by atoms with Gasteiger partial charge in [-0.2, -0.15) is 0 Å². The molecular formula is C30H18ClNO2S. The summed E-state index contributed by atoms with van der Waals surface area (Å²) >= 11 is 8.35. The van der Waals surface area contributed by atoms with E-state index in [-0.39, 0.29) is 0 Å². The van der Waals surface area contributed by atoms with E-state index in [4.69, 9.17) is 20.8 Å². The number of benzene rings is 5. The van der Waals surface area contributed by atoms with Gasteiger partial charge in [0.1, 0.15) is 16.9 Å². The molecule has 7 rings (SSSR count). The highest BCUT2D eigenvalue weighted by Crippen LogP contribution is 2.54. The molecule has 1 aliphatic rings. The van der Waals surface area contributed by atoms with Gasteiger partial charge in [-0.15, -0.1) is 0 Å². The highest BCUT2D eigenvalue weighted by Gasteiger charge is 2.26. The second kappa shape index (κ2) is 8.12. The van der Waals surface area contributed by atoms with Crippen molar-refractivity contribution < 1.29 is 9.15 Å². The molecule has 35 heavy (non-hydrogen) atoms. The quantitative estimate of drug-likeness (QED) is 0.245. The number of halogens is 1. The Bertz CT molecular complexity index is 1730. The van der Waals surface area contributed by atoms with Crippen LogP contribution in [0.25, 0.3) is 21.9 Å². The van der Waals surface area contributed by atoms with Crippen LogP contribution in [0.4, 0.5) is 17.1 Å². The van der Waals surface area contributed by atoms with Crippen LogP contribution in [0.5, 0.6) is 11.5 Å². The van der Waals surface area contributed by atoms with Gasteiger partial charge in [-0.3, -0.25) is 0 Å². The molecule has 0 spiro atoms. The molecule has 3 nitrogen and oxygen atoms in total. The number of furan rings is 1. The number of ether oxygens (including phenoxy) is 1. The van der Waals surface area contributed by atoms with Gasteiger partial charge in [-0.05, 0) is 60.7 Å². The van der Waals surface area contributed by atoms with Gasteiger partial charge >= 0.3 is 0 Å². The second-order valence-electron chi connectivity index (χ2n) is 8.35. The maximum absolute atomic E-state index is 6.67. The van der Waals surface area contributed by atoms with Crippen molar-refractivity contribution in [3.63, 3.8) is 0 Å². The molecule has 6 aromatic rings. The van der Waals surface area contributed by atoms with Crippen molar-refractivity contribution in [2.75, 3.05) is 4.90 Å². The first-order valence-electron chi connectivity index (χ1n) is 11.3. The van der Waals surface area contributed by atoms with Crippen LogP contribution < -0.4 is 9.64 Å². The lowest BCUT2D eigenvalue weighted by Crippen LogP contribution is -2.12. The third-order valence-corrected chi connectivity index (χ3v) is 7.45. The summed E-state index contributed by atoms with van der Waals surface area (Å²) in [5.41, 5.74) is 4.62. The third kappa shape index (κ3) is 3.45. The van der Waals surface area contributed by atoms with E-state index in [1.54, 1.807) is 11.8 Å². The monoisotopic (exact) mass is 491 g/mol. The molecule has 0 saturated carbocycles. The van der Waals surface area contributed by atoms with Crippen molar-refractivity contribution >= 4 is 62.4 Å². The zero-order valence-electron chi connectivity index (χ0n) is 18.4. The van der Waals surface area contributed by atoms with Crippen LogP contribution in [0.15, 0.2) is 123 Å². The highest BCUT2D eigenvalue weighted by molar-refractivity contribution is 7.99. The summed E-state index contributed by atoms with van der Waals surface area (Å²) < 4.78 is 12.6. The van der Waals surface area contributed by atoms with Gasteiger partial charge in [0, 0.05) is 27.2 Å². The van der Waals surface area contributed by atoms with Crippen LogP contribution in [-0.4, -0.2) is 0 Å². The number of anilines is 3. The Morgan fingerprint density at radius 2 is 1.40 bits per heavy atom. The Morgan fingerprint density at radius 3 is 2.31 bits per heavy atom. The van der Waals surface area contributed by atoms with Gasteiger partial charge in [0.15, 0.2) is 5.75 Å². The largest absolute Gasteiger partial charge is 0.456 e. The topological polar surface area (TPSA) is 25.6 Å². The Morgan fingerprint density at radius 1 is 0.629 bits per heavy atom. The van der Waals surface area contributed by atoms with E-state index >= 15 is 0 Å². The molecule has 1 aromatic heterocycles. The Labute approximate surface area is 211 Å². The van der Waals surface area contributed by atoms with E-state index in [1.807, 2.05) is 72.8 Å². The van der Waals surface area contributed by atoms with Gasteiger partial charge in [0.25, 0.3) is 0 Å². The van der Waals surface area contributed by atoms with Gasteiger partial charge in [0.2, 0.25) is 0 Å². The number of rotatable bonds is 3. The summed E-state index contributed by atoms with van der Waals surface area (Å²) in [4.78, 5) is 4.26. The van der Waals surface area contributed by atoms with E-state index in [9.17, 15) is 0 Å². The molecule has 0 amide bonds. The summed E-state index contributed by atoms with van der Waals surface area (Å²) in [5.74, 6) is 1.64. The van der Waals surface area contributed by atoms with Gasteiger partial charge < -0.3 is 14.1 Å². The lowest BCUT2D eigenvalue weighted by atomic mass is 10.1. The Kier molecular flexibility index (Phi) is 4.76. The molecule has 0 bridgehead atoms. The van der Waals surface area contributed by atoms with Crippen LogP contribution in [0.1, 0.15) is 0 Å².